The van der Waals surface area contributed by atoms with E-state index in [0.29, 0.717) is 28.2 Å². The minimum absolute atomic E-state index is 0.0280. The highest BCUT2D eigenvalue weighted by Gasteiger charge is 2.12. The number of benzene rings is 2. The molecule has 0 fully saturated rings. The molecule has 160 valence electrons. The molecule has 1 heterocycles. The number of allylic oxidation sites excluding steroid dienone is 6. The summed E-state index contributed by atoms with van der Waals surface area (Å²) in [6, 6.07) is 15.5. The highest BCUT2D eigenvalue weighted by molar-refractivity contribution is 5.60. The van der Waals surface area contributed by atoms with Crippen LogP contribution in [0.5, 0.6) is 0 Å². The molecule has 1 aliphatic heterocycles. The smallest absolute Gasteiger partial charge is 0.269 e. The van der Waals surface area contributed by atoms with E-state index in [9.17, 15) is 30.8 Å². The van der Waals surface area contributed by atoms with E-state index in [1.165, 1.54) is 36.4 Å². The number of non-ortho nitro benzene ring substituents is 2. The number of rotatable bonds is 6. The monoisotopic (exact) mass is 438 g/mol. The second-order valence-electron chi connectivity index (χ2n) is 6.61. The van der Waals surface area contributed by atoms with Crippen LogP contribution in [-0.2, 0) is 4.74 Å². The van der Waals surface area contributed by atoms with Gasteiger partial charge >= 0.3 is 0 Å². The first-order chi connectivity index (χ1) is 15.9. The topological polar surface area (TPSA) is 143 Å². The molecule has 9 nitrogen and oxygen atoms in total. The maximum absolute atomic E-state index is 10.8. The second-order valence-corrected chi connectivity index (χ2v) is 6.61. The minimum atomic E-state index is -0.489. The molecule has 0 aromatic heterocycles. The average Bonchev–Trinajstić information content (AvgIpc) is 2.82. The molecule has 2 aromatic carbocycles. The number of ether oxygens (including phenoxy) is 1. The Morgan fingerprint density at radius 2 is 1.12 bits per heavy atom. The summed E-state index contributed by atoms with van der Waals surface area (Å²) >= 11 is 0. The van der Waals surface area contributed by atoms with Crippen LogP contribution in [0.25, 0.3) is 12.2 Å². The van der Waals surface area contributed by atoms with Crippen LogP contribution in [0, 0.1) is 42.9 Å². The SMILES string of the molecule is N#CC(C#N)=C1C=C(C=Cc2ccc([N+](=O)[O-])cc2)OC(C=Cc2ccc([N+](=O)[O-])cc2)=C1. The number of hydrogen-bond donors (Lipinski definition) is 0. The van der Waals surface area contributed by atoms with E-state index in [2.05, 4.69) is 0 Å². The van der Waals surface area contributed by atoms with E-state index < -0.39 is 9.85 Å². The summed E-state index contributed by atoms with van der Waals surface area (Å²) in [5.74, 6) is 0.689. The molecule has 0 N–H and O–H groups in total. The molecule has 0 aliphatic carbocycles. The molecular formula is C24H14N4O5. The molecule has 3 rings (SSSR count). The van der Waals surface area contributed by atoms with Gasteiger partial charge in [0.25, 0.3) is 11.4 Å². The fourth-order valence-electron chi connectivity index (χ4n) is 2.78. The number of nitrogens with zero attached hydrogens (tertiary/aromatic N) is 4. The van der Waals surface area contributed by atoms with Gasteiger partial charge in [0.15, 0.2) is 0 Å². The van der Waals surface area contributed by atoms with Crippen LogP contribution in [0.15, 0.2) is 95.5 Å². The summed E-state index contributed by atoms with van der Waals surface area (Å²) in [5, 5.41) is 40.0. The van der Waals surface area contributed by atoms with Crippen LogP contribution in [0.2, 0.25) is 0 Å². The maximum atomic E-state index is 10.8. The van der Waals surface area contributed by atoms with Gasteiger partial charge in [0.1, 0.15) is 29.2 Å². The Morgan fingerprint density at radius 3 is 1.45 bits per heavy atom. The Balaban J connectivity index is 1.86. The van der Waals surface area contributed by atoms with Crippen molar-refractivity contribution < 1.29 is 14.6 Å². The normalized spacial score (nSPS) is 13.0. The molecule has 9 heteroatoms. The molecule has 0 spiro atoms. The number of nitro benzene ring substituents is 2. The van der Waals surface area contributed by atoms with E-state index in [-0.39, 0.29) is 16.9 Å². The summed E-state index contributed by atoms with van der Waals surface area (Å²) in [7, 11) is 0. The van der Waals surface area contributed by atoms with Crippen molar-refractivity contribution in [3.05, 3.63) is 127 Å². The van der Waals surface area contributed by atoms with Crippen molar-refractivity contribution in [1.82, 2.24) is 0 Å². The van der Waals surface area contributed by atoms with E-state index in [1.54, 1.807) is 48.6 Å². The third-order valence-electron chi connectivity index (χ3n) is 4.43. The zero-order valence-corrected chi connectivity index (χ0v) is 16.9. The van der Waals surface area contributed by atoms with Crippen molar-refractivity contribution in [3.8, 4) is 12.1 Å². The minimum Gasteiger partial charge on any atom is -0.457 e. The van der Waals surface area contributed by atoms with Gasteiger partial charge in [-0.1, -0.05) is 12.2 Å². The standard InChI is InChI=1S/C24H14N4O5/c25-15-20(16-26)19-13-23(11-5-17-1-7-21(8-2-17)27(29)30)33-24(14-19)12-6-18-3-9-22(10-4-18)28(31)32/h1-14H. The molecular weight excluding hydrogens is 424 g/mol. The molecule has 0 amide bonds. The lowest BCUT2D eigenvalue weighted by atomic mass is 10.1. The van der Waals surface area contributed by atoms with Crippen molar-refractivity contribution in [2.75, 3.05) is 0 Å². The highest BCUT2D eigenvalue weighted by atomic mass is 16.6. The summed E-state index contributed by atoms with van der Waals surface area (Å²) < 4.78 is 5.80. The van der Waals surface area contributed by atoms with Gasteiger partial charge in [-0.3, -0.25) is 20.2 Å². The lowest BCUT2D eigenvalue weighted by Crippen LogP contribution is -1.98. The van der Waals surface area contributed by atoms with Crippen LogP contribution in [0.1, 0.15) is 11.1 Å². The molecule has 2 aromatic rings. The molecule has 0 saturated carbocycles. The number of nitro groups is 2. The predicted molar refractivity (Wildman–Crippen MR) is 120 cm³/mol. The van der Waals surface area contributed by atoms with Gasteiger partial charge in [0.2, 0.25) is 0 Å². The van der Waals surface area contributed by atoms with E-state index in [1.807, 2.05) is 12.1 Å². The lowest BCUT2D eigenvalue weighted by molar-refractivity contribution is -0.385. The van der Waals surface area contributed by atoms with Crippen LogP contribution in [-0.4, -0.2) is 9.85 Å². The van der Waals surface area contributed by atoms with Gasteiger partial charge in [-0.05, 0) is 59.7 Å². The van der Waals surface area contributed by atoms with Gasteiger partial charge in [-0.15, -0.1) is 0 Å². The zero-order valence-electron chi connectivity index (χ0n) is 16.9. The number of hydrogen-bond acceptors (Lipinski definition) is 7. The van der Waals surface area contributed by atoms with Gasteiger partial charge in [-0.2, -0.15) is 10.5 Å². The maximum Gasteiger partial charge on any atom is 0.269 e. The first-order valence-electron chi connectivity index (χ1n) is 9.40. The molecule has 1 aliphatic rings. The first kappa shape index (κ1) is 22.4. The van der Waals surface area contributed by atoms with E-state index in [0.717, 1.165) is 0 Å². The summed E-state index contributed by atoms with van der Waals surface area (Å²) in [4.78, 5) is 20.6. The zero-order chi connectivity index (χ0) is 23.8. The van der Waals surface area contributed by atoms with Gasteiger partial charge in [0.05, 0.1) is 9.85 Å². The van der Waals surface area contributed by atoms with Crippen LogP contribution in [0.3, 0.4) is 0 Å². The fourth-order valence-corrected chi connectivity index (χ4v) is 2.78. The quantitative estimate of drug-likeness (QED) is 0.335. The van der Waals surface area contributed by atoms with Gasteiger partial charge in [0, 0.05) is 29.8 Å². The fraction of sp³-hybridized carbons (Fsp3) is 0. The highest BCUT2D eigenvalue weighted by Crippen LogP contribution is 2.25. The first-order valence-corrected chi connectivity index (χ1v) is 9.40. The summed E-state index contributed by atoms with van der Waals surface area (Å²) in [6.07, 6.45) is 9.64. The Bertz CT molecular complexity index is 1230. The summed E-state index contributed by atoms with van der Waals surface area (Å²) in [5.41, 5.74) is 1.58. The van der Waals surface area contributed by atoms with Gasteiger partial charge in [-0.25, -0.2) is 0 Å². The van der Waals surface area contributed by atoms with Crippen LogP contribution < -0.4 is 0 Å². The Hall–Kier alpha value is -5.28. The Labute approximate surface area is 188 Å². The van der Waals surface area contributed by atoms with Crippen molar-refractivity contribution in [2.24, 2.45) is 0 Å². The molecule has 0 saturated heterocycles. The molecule has 0 unspecified atom stereocenters. The summed E-state index contributed by atoms with van der Waals surface area (Å²) in [6.45, 7) is 0. The van der Waals surface area contributed by atoms with Crippen molar-refractivity contribution >= 4 is 23.5 Å². The molecule has 33 heavy (non-hydrogen) atoms. The molecule has 0 bridgehead atoms. The molecule has 0 radical (unpaired) electrons. The van der Waals surface area contributed by atoms with E-state index in [4.69, 9.17) is 4.74 Å². The van der Waals surface area contributed by atoms with Gasteiger partial charge < -0.3 is 4.74 Å². The second kappa shape index (κ2) is 10.2. The predicted octanol–water partition coefficient (Wildman–Crippen LogP) is 5.37. The average molecular weight is 438 g/mol. The Morgan fingerprint density at radius 1 is 0.727 bits per heavy atom. The Kier molecular flexibility index (Phi) is 6.90. The lowest BCUT2D eigenvalue weighted by Gasteiger charge is -2.14. The van der Waals surface area contributed by atoms with Crippen LogP contribution in [0.4, 0.5) is 11.4 Å². The van der Waals surface area contributed by atoms with Crippen molar-refractivity contribution in [3.63, 3.8) is 0 Å². The van der Waals surface area contributed by atoms with Crippen molar-refractivity contribution in [2.45, 2.75) is 0 Å². The third-order valence-corrected chi connectivity index (χ3v) is 4.43. The number of nitriles is 2. The van der Waals surface area contributed by atoms with Crippen LogP contribution >= 0.6 is 0 Å². The van der Waals surface area contributed by atoms with Crippen molar-refractivity contribution in [1.29, 1.82) is 10.5 Å². The largest absolute Gasteiger partial charge is 0.457 e. The van der Waals surface area contributed by atoms with E-state index >= 15 is 0 Å². The molecule has 0 atom stereocenters. The third kappa shape index (κ3) is 5.87.